The number of hydrogen-bond donors (Lipinski definition) is 1. The first-order chi connectivity index (χ1) is 18.1. The van der Waals surface area contributed by atoms with Gasteiger partial charge in [-0.1, -0.05) is 56.3 Å². The zero-order valence-electron chi connectivity index (χ0n) is 22.7. The molecule has 0 saturated heterocycles. The molecule has 0 fully saturated rings. The second kappa shape index (κ2) is 12.9. The molecule has 2 unspecified atom stereocenters. The quantitative estimate of drug-likeness (QED) is 0.372. The lowest BCUT2D eigenvalue weighted by molar-refractivity contribution is -0.141. The van der Waals surface area contributed by atoms with Crippen LogP contribution in [0.5, 0.6) is 5.75 Å². The molecule has 204 valence electrons. The van der Waals surface area contributed by atoms with Crippen molar-refractivity contribution in [2.75, 3.05) is 20.7 Å². The van der Waals surface area contributed by atoms with Gasteiger partial charge in [-0.3, -0.25) is 9.59 Å². The third-order valence-electron chi connectivity index (χ3n) is 6.66. The minimum absolute atomic E-state index is 0.0544. The van der Waals surface area contributed by atoms with E-state index in [1.807, 2.05) is 57.2 Å². The number of benzene rings is 3. The van der Waals surface area contributed by atoms with Gasteiger partial charge in [0.15, 0.2) is 0 Å². The van der Waals surface area contributed by atoms with E-state index in [4.69, 9.17) is 4.74 Å². The van der Waals surface area contributed by atoms with E-state index in [2.05, 4.69) is 5.32 Å². The number of ether oxygens (including phenoxy) is 1. The Morgan fingerprint density at radius 2 is 1.66 bits per heavy atom. The van der Waals surface area contributed by atoms with Crippen LogP contribution in [0.3, 0.4) is 0 Å². The monoisotopic (exact) mass is 539 g/mol. The summed E-state index contributed by atoms with van der Waals surface area (Å²) >= 11 is 0. The smallest absolute Gasteiger partial charge is 0.243 e. The molecule has 2 atom stereocenters. The number of hydrogen-bond acceptors (Lipinski definition) is 5. The molecule has 0 saturated carbocycles. The van der Waals surface area contributed by atoms with E-state index in [0.29, 0.717) is 12.2 Å². The van der Waals surface area contributed by atoms with Crippen molar-refractivity contribution in [3.8, 4) is 5.75 Å². The SMILES string of the molecule is CCC(C)NC(=O)C(CC)N(Cc1cccc(OC)c1)C(=O)CN(C)S(=O)(=O)c1ccc2ccccc2c1. The van der Waals surface area contributed by atoms with E-state index in [1.54, 1.807) is 37.4 Å². The van der Waals surface area contributed by atoms with Gasteiger partial charge in [-0.25, -0.2) is 8.42 Å². The standard InChI is InChI=1S/C29H37N3O5S/c1-6-21(3)30-29(34)27(7-2)32(19-22-11-10-14-25(17-22)37-5)28(33)20-31(4)38(35,36)26-16-15-23-12-8-9-13-24(23)18-26/h8-18,21,27H,6-7,19-20H2,1-5H3,(H,30,34). The van der Waals surface area contributed by atoms with E-state index < -0.39 is 28.5 Å². The summed E-state index contributed by atoms with van der Waals surface area (Å²) in [5.41, 5.74) is 0.771. The highest BCUT2D eigenvalue weighted by Gasteiger charge is 2.32. The minimum atomic E-state index is -3.95. The van der Waals surface area contributed by atoms with Gasteiger partial charge in [0.2, 0.25) is 21.8 Å². The van der Waals surface area contributed by atoms with Gasteiger partial charge in [-0.15, -0.1) is 0 Å². The van der Waals surface area contributed by atoms with Gasteiger partial charge in [0.05, 0.1) is 18.6 Å². The summed E-state index contributed by atoms with van der Waals surface area (Å²) in [5.74, 6) is -0.105. The minimum Gasteiger partial charge on any atom is -0.497 e. The molecule has 1 N–H and O–H groups in total. The Morgan fingerprint density at radius 3 is 2.32 bits per heavy atom. The van der Waals surface area contributed by atoms with Crippen molar-refractivity contribution in [2.24, 2.45) is 0 Å². The maximum absolute atomic E-state index is 13.7. The summed E-state index contributed by atoms with van der Waals surface area (Å²) in [6, 6.07) is 18.8. The number of carbonyl (C=O) groups is 2. The summed E-state index contributed by atoms with van der Waals surface area (Å²) in [5, 5.41) is 4.68. The Morgan fingerprint density at radius 1 is 0.947 bits per heavy atom. The van der Waals surface area contributed by atoms with Crippen molar-refractivity contribution < 1.29 is 22.7 Å². The first-order valence-corrected chi connectivity index (χ1v) is 14.2. The first-order valence-electron chi connectivity index (χ1n) is 12.8. The van der Waals surface area contributed by atoms with Crippen LogP contribution in [0.15, 0.2) is 71.6 Å². The third-order valence-corrected chi connectivity index (χ3v) is 8.46. The third kappa shape index (κ3) is 6.90. The molecule has 0 radical (unpaired) electrons. The lowest BCUT2D eigenvalue weighted by Crippen LogP contribution is -2.53. The molecule has 0 heterocycles. The molecule has 0 bridgehead atoms. The molecule has 38 heavy (non-hydrogen) atoms. The van der Waals surface area contributed by atoms with Gasteiger partial charge in [-0.05, 0) is 60.4 Å². The van der Waals surface area contributed by atoms with Crippen molar-refractivity contribution in [1.82, 2.24) is 14.5 Å². The van der Waals surface area contributed by atoms with Gasteiger partial charge in [0.25, 0.3) is 0 Å². The molecule has 3 aromatic rings. The molecule has 0 aliphatic rings. The fourth-order valence-electron chi connectivity index (χ4n) is 4.20. The molecule has 9 heteroatoms. The van der Waals surface area contributed by atoms with E-state index in [-0.39, 0.29) is 23.4 Å². The number of methoxy groups -OCH3 is 1. The second-order valence-corrected chi connectivity index (χ2v) is 11.4. The van der Waals surface area contributed by atoms with Crippen LogP contribution in [0.4, 0.5) is 0 Å². The number of fused-ring (bicyclic) bond motifs is 1. The van der Waals surface area contributed by atoms with Gasteiger partial charge in [0, 0.05) is 19.6 Å². The van der Waals surface area contributed by atoms with Crippen LogP contribution in [-0.2, 0) is 26.2 Å². The molecule has 8 nitrogen and oxygen atoms in total. The summed E-state index contributed by atoms with van der Waals surface area (Å²) in [4.78, 5) is 28.4. The number of carbonyl (C=O) groups excluding carboxylic acids is 2. The van der Waals surface area contributed by atoms with Crippen molar-refractivity contribution in [2.45, 2.75) is 57.1 Å². The highest BCUT2D eigenvalue weighted by molar-refractivity contribution is 7.89. The van der Waals surface area contributed by atoms with Crippen LogP contribution in [0, 0.1) is 0 Å². The Kier molecular flexibility index (Phi) is 9.88. The number of nitrogens with one attached hydrogen (secondary N) is 1. The van der Waals surface area contributed by atoms with Crippen LogP contribution >= 0.6 is 0 Å². The zero-order valence-corrected chi connectivity index (χ0v) is 23.5. The molecule has 2 amide bonds. The molecule has 0 aliphatic carbocycles. The Labute approximate surface area is 225 Å². The predicted molar refractivity (Wildman–Crippen MR) is 149 cm³/mol. The normalized spacial score (nSPS) is 13.2. The van der Waals surface area contributed by atoms with Gasteiger partial charge < -0.3 is 15.0 Å². The van der Waals surface area contributed by atoms with Crippen LogP contribution in [0.2, 0.25) is 0 Å². The highest BCUT2D eigenvalue weighted by atomic mass is 32.2. The van der Waals surface area contributed by atoms with Crippen LogP contribution in [0.1, 0.15) is 39.2 Å². The molecule has 0 aromatic heterocycles. The summed E-state index contributed by atoms with van der Waals surface area (Å²) in [7, 11) is -1.01. The number of nitrogens with zero attached hydrogens (tertiary/aromatic N) is 2. The number of rotatable bonds is 12. The van der Waals surface area contributed by atoms with E-state index in [9.17, 15) is 18.0 Å². The molecule has 0 aliphatic heterocycles. The molecule has 3 rings (SSSR count). The number of amides is 2. The summed E-state index contributed by atoms with van der Waals surface area (Å²) in [6.45, 7) is 5.43. The topological polar surface area (TPSA) is 96.0 Å². The van der Waals surface area contributed by atoms with E-state index >= 15 is 0 Å². The maximum Gasteiger partial charge on any atom is 0.243 e. The van der Waals surface area contributed by atoms with E-state index in [0.717, 1.165) is 27.1 Å². The molecular formula is C29H37N3O5S. The average Bonchev–Trinajstić information content (AvgIpc) is 2.92. The first kappa shape index (κ1) is 29.1. The van der Waals surface area contributed by atoms with Crippen molar-refractivity contribution in [3.63, 3.8) is 0 Å². The Hall–Kier alpha value is -3.43. The summed E-state index contributed by atoms with van der Waals surface area (Å²) < 4.78 is 33.1. The van der Waals surface area contributed by atoms with Crippen LogP contribution < -0.4 is 10.1 Å². The zero-order chi connectivity index (χ0) is 27.9. The maximum atomic E-state index is 13.7. The van der Waals surface area contributed by atoms with Gasteiger partial charge in [0.1, 0.15) is 11.8 Å². The lowest BCUT2D eigenvalue weighted by atomic mass is 10.1. The van der Waals surface area contributed by atoms with Gasteiger partial charge >= 0.3 is 0 Å². The fourth-order valence-corrected chi connectivity index (χ4v) is 5.36. The Balaban J connectivity index is 1.89. The van der Waals surface area contributed by atoms with Crippen LogP contribution in [-0.4, -0.2) is 62.2 Å². The van der Waals surface area contributed by atoms with Crippen molar-refractivity contribution in [3.05, 3.63) is 72.3 Å². The molecule has 3 aromatic carbocycles. The highest BCUT2D eigenvalue weighted by Crippen LogP contribution is 2.22. The summed E-state index contributed by atoms with van der Waals surface area (Å²) in [6.07, 6.45) is 1.12. The predicted octanol–water partition coefficient (Wildman–Crippen LogP) is 4.19. The second-order valence-electron chi connectivity index (χ2n) is 9.39. The average molecular weight is 540 g/mol. The largest absolute Gasteiger partial charge is 0.497 e. The van der Waals surface area contributed by atoms with Gasteiger partial charge in [-0.2, -0.15) is 4.31 Å². The fraction of sp³-hybridized carbons (Fsp3) is 0.379. The van der Waals surface area contributed by atoms with Crippen LogP contribution in [0.25, 0.3) is 10.8 Å². The molecule has 0 spiro atoms. The molecular weight excluding hydrogens is 502 g/mol. The van der Waals surface area contributed by atoms with Crippen molar-refractivity contribution >= 4 is 32.6 Å². The number of sulfonamides is 1. The Bertz CT molecular complexity index is 1380. The van der Waals surface area contributed by atoms with E-state index in [1.165, 1.54) is 11.9 Å². The van der Waals surface area contributed by atoms with Crippen molar-refractivity contribution in [1.29, 1.82) is 0 Å². The number of likely N-dealkylation sites (N-methyl/N-ethyl adjacent to an activating group) is 1. The lowest BCUT2D eigenvalue weighted by Gasteiger charge is -2.32.